The lowest BCUT2D eigenvalue weighted by Gasteiger charge is -2.41. The van der Waals surface area contributed by atoms with Crippen molar-refractivity contribution in [2.75, 3.05) is 19.6 Å². The van der Waals surface area contributed by atoms with Crippen molar-refractivity contribution in [2.24, 2.45) is 11.3 Å². The molecule has 126 valence electrons. The number of carbonyl (C=O) groups excluding carboxylic acids is 2. The number of piperidine rings is 1. The molecule has 2 saturated heterocycles. The fourth-order valence-corrected chi connectivity index (χ4v) is 3.62. The monoisotopic (exact) mass is 310 g/mol. The lowest BCUT2D eigenvalue weighted by atomic mass is 9.69. The van der Waals surface area contributed by atoms with Crippen LogP contribution in [0.4, 0.5) is 4.79 Å². The van der Waals surface area contributed by atoms with E-state index in [2.05, 4.69) is 12.2 Å². The highest BCUT2D eigenvalue weighted by Gasteiger charge is 2.49. The average molecular weight is 310 g/mol. The second kappa shape index (κ2) is 6.47. The molecule has 0 saturated carbocycles. The van der Waals surface area contributed by atoms with Gasteiger partial charge in [-0.1, -0.05) is 19.8 Å². The fourth-order valence-electron chi connectivity index (χ4n) is 3.62. The predicted octanol–water partition coefficient (Wildman–Crippen LogP) is 2.94. The molecule has 2 rings (SSSR count). The molecule has 2 amide bonds. The standard InChI is InChI=1S/C17H30N2O3/c1-5-6-7-13-14(20)18-12-17(13)8-10-19(11-9-17)15(21)22-16(2,3)4/h13H,5-12H2,1-4H3,(H,18,20)/t13-/m1/s1. The van der Waals surface area contributed by atoms with Crippen molar-refractivity contribution < 1.29 is 14.3 Å². The van der Waals surface area contributed by atoms with Crippen LogP contribution in [-0.2, 0) is 9.53 Å². The molecule has 0 unspecified atom stereocenters. The maximum Gasteiger partial charge on any atom is 0.410 e. The zero-order valence-electron chi connectivity index (χ0n) is 14.4. The van der Waals surface area contributed by atoms with Crippen LogP contribution in [0.5, 0.6) is 0 Å². The maximum absolute atomic E-state index is 12.2. The van der Waals surface area contributed by atoms with E-state index in [1.165, 1.54) is 0 Å². The molecule has 1 spiro atoms. The van der Waals surface area contributed by atoms with Crippen LogP contribution in [0.25, 0.3) is 0 Å². The number of amides is 2. The number of nitrogens with zero attached hydrogens (tertiary/aromatic N) is 1. The van der Waals surface area contributed by atoms with Crippen LogP contribution in [0.15, 0.2) is 0 Å². The van der Waals surface area contributed by atoms with Gasteiger partial charge in [-0.3, -0.25) is 4.79 Å². The van der Waals surface area contributed by atoms with Crippen molar-refractivity contribution in [3.05, 3.63) is 0 Å². The molecule has 1 N–H and O–H groups in total. The van der Waals surface area contributed by atoms with Crippen LogP contribution in [-0.4, -0.2) is 42.1 Å². The molecule has 0 aromatic carbocycles. The number of carbonyl (C=O) groups is 2. The molecular formula is C17H30N2O3. The SMILES string of the molecule is CCCC[C@@H]1C(=O)NCC12CCN(C(=O)OC(C)(C)C)CC2. The fraction of sp³-hybridized carbons (Fsp3) is 0.882. The Labute approximate surface area is 133 Å². The lowest BCUT2D eigenvalue weighted by Crippen LogP contribution is -2.47. The van der Waals surface area contributed by atoms with Gasteiger partial charge in [0.15, 0.2) is 0 Å². The largest absolute Gasteiger partial charge is 0.444 e. The molecule has 0 radical (unpaired) electrons. The van der Waals surface area contributed by atoms with E-state index in [-0.39, 0.29) is 23.3 Å². The Hall–Kier alpha value is -1.26. The number of hydrogen-bond acceptors (Lipinski definition) is 3. The van der Waals surface area contributed by atoms with Crippen LogP contribution < -0.4 is 5.32 Å². The summed E-state index contributed by atoms with van der Waals surface area (Å²) < 4.78 is 5.45. The Bertz CT molecular complexity index is 420. The highest BCUT2D eigenvalue weighted by Crippen LogP contribution is 2.44. The molecule has 0 aromatic heterocycles. The summed E-state index contributed by atoms with van der Waals surface area (Å²) in [6.45, 7) is 9.95. The van der Waals surface area contributed by atoms with Crippen LogP contribution in [0.3, 0.4) is 0 Å². The Balaban J connectivity index is 1.95. The Kier molecular flexibility index (Phi) is 5.03. The summed E-state index contributed by atoms with van der Waals surface area (Å²) in [6, 6.07) is 0. The van der Waals surface area contributed by atoms with Gasteiger partial charge in [-0.15, -0.1) is 0 Å². The van der Waals surface area contributed by atoms with Crippen LogP contribution in [0.1, 0.15) is 59.8 Å². The van der Waals surface area contributed by atoms with Crippen molar-refractivity contribution in [3.8, 4) is 0 Å². The second-order valence-corrected chi connectivity index (χ2v) is 7.74. The van der Waals surface area contributed by atoms with Crippen molar-refractivity contribution in [1.29, 1.82) is 0 Å². The molecule has 2 heterocycles. The van der Waals surface area contributed by atoms with Gasteiger partial charge in [0.1, 0.15) is 5.60 Å². The third-order valence-electron chi connectivity index (χ3n) is 4.93. The van der Waals surface area contributed by atoms with Crippen molar-refractivity contribution in [3.63, 3.8) is 0 Å². The summed E-state index contributed by atoms with van der Waals surface area (Å²) in [7, 11) is 0. The minimum absolute atomic E-state index is 0.0464. The van der Waals surface area contributed by atoms with Gasteiger partial charge < -0.3 is 15.0 Å². The summed E-state index contributed by atoms with van der Waals surface area (Å²) in [5.41, 5.74) is -0.411. The molecule has 0 aliphatic carbocycles. The van der Waals surface area contributed by atoms with Crippen LogP contribution >= 0.6 is 0 Å². The number of unbranched alkanes of at least 4 members (excludes halogenated alkanes) is 1. The third-order valence-corrected chi connectivity index (χ3v) is 4.93. The predicted molar refractivity (Wildman–Crippen MR) is 85.5 cm³/mol. The van der Waals surface area contributed by atoms with Gasteiger partial charge in [0, 0.05) is 31.0 Å². The maximum atomic E-state index is 12.2. The first-order chi connectivity index (χ1) is 10.3. The number of likely N-dealkylation sites (tertiary alicyclic amines) is 1. The van der Waals surface area contributed by atoms with E-state index in [1.54, 1.807) is 4.90 Å². The van der Waals surface area contributed by atoms with E-state index in [1.807, 2.05) is 20.8 Å². The summed E-state index contributed by atoms with van der Waals surface area (Å²) >= 11 is 0. The zero-order valence-corrected chi connectivity index (χ0v) is 14.4. The number of rotatable bonds is 3. The molecular weight excluding hydrogens is 280 g/mol. The van der Waals surface area contributed by atoms with Crippen molar-refractivity contribution >= 4 is 12.0 Å². The lowest BCUT2D eigenvalue weighted by molar-refractivity contribution is -0.124. The van der Waals surface area contributed by atoms with E-state index in [0.717, 1.165) is 38.6 Å². The molecule has 2 aliphatic heterocycles. The summed E-state index contributed by atoms with van der Waals surface area (Å²) in [5.74, 6) is 0.326. The van der Waals surface area contributed by atoms with E-state index in [0.29, 0.717) is 13.1 Å². The molecule has 5 nitrogen and oxygen atoms in total. The van der Waals surface area contributed by atoms with E-state index < -0.39 is 5.60 Å². The molecule has 1 atom stereocenters. The van der Waals surface area contributed by atoms with E-state index >= 15 is 0 Å². The van der Waals surface area contributed by atoms with E-state index in [4.69, 9.17) is 4.74 Å². The quantitative estimate of drug-likeness (QED) is 0.872. The van der Waals surface area contributed by atoms with Gasteiger partial charge in [-0.25, -0.2) is 4.79 Å². The van der Waals surface area contributed by atoms with Gasteiger partial charge in [0.25, 0.3) is 0 Å². The van der Waals surface area contributed by atoms with Crippen molar-refractivity contribution in [2.45, 2.75) is 65.4 Å². The first kappa shape index (κ1) is 17.1. The first-order valence-electron chi connectivity index (χ1n) is 8.53. The van der Waals surface area contributed by atoms with Gasteiger partial charge in [0.05, 0.1) is 0 Å². The molecule has 5 heteroatoms. The highest BCUT2D eigenvalue weighted by molar-refractivity contribution is 5.82. The highest BCUT2D eigenvalue weighted by atomic mass is 16.6. The van der Waals surface area contributed by atoms with Gasteiger partial charge in [-0.05, 0) is 40.0 Å². The first-order valence-corrected chi connectivity index (χ1v) is 8.53. The minimum Gasteiger partial charge on any atom is -0.444 e. The topological polar surface area (TPSA) is 58.6 Å². The molecule has 22 heavy (non-hydrogen) atoms. The summed E-state index contributed by atoms with van der Waals surface area (Å²) in [4.78, 5) is 26.1. The number of hydrogen-bond donors (Lipinski definition) is 1. The zero-order chi connectivity index (χ0) is 16.4. The smallest absolute Gasteiger partial charge is 0.410 e. The van der Waals surface area contributed by atoms with Gasteiger partial charge in [0.2, 0.25) is 5.91 Å². The third kappa shape index (κ3) is 3.73. The van der Waals surface area contributed by atoms with Gasteiger partial charge >= 0.3 is 6.09 Å². The second-order valence-electron chi connectivity index (χ2n) is 7.74. The normalized spacial score (nSPS) is 24.5. The minimum atomic E-state index is -0.458. The Morgan fingerprint density at radius 1 is 1.36 bits per heavy atom. The van der Waals surface area contributed by atoms with E-state index in [9.17, 15) is 9.59 Å². The number of nitrogens with one attached hydrogen (secondary N) is 1. The molecule has 2 fully saturated rings. The van der Waals surface area contributed by atoms with Crippen molar-refractivity contribution in [1.82, 2.24) is 10.2 Å². The molecule has 0 bridgehead atoms. The number of ether oxygens (including phenoxy) is 1. The van der Waals surface area contributed by atoms with Crippen LogP contribution in [0, 0.1) is 11.3 Å². The van der Waals surface area contributed by atoms with Crippen LogP contribution in [0.2, 0.25) is 0 Å². The summed E-state index contributed by atoms with van der Waals surface area (Å²) in [5, 5.41) is 3.05. The Morgan fingerprint density at radius 2 is 2.00 bits per heavy atom. The van der Waals surface area contributed by atoms with Gasteiger partial charge in [-0.2, -0.15) is 0 Å². The Morgan fingerprint density at radius 3 is 2.55 bits per heavy atom. The summed E-state index contributed by atoms with van der Waals surface area (Å²) in [6.07, 6.45) is 4.72. The molecule has 2 aliphatic rings. The molecule has 0 aromatic rings. The average Bonchev–Trinajstić information content (AvgIpc) is 2.72.